The maximum Gasteiger partial charge on any atom is 0.187 e. The Kier molecular flexibility index (Phi) is 506. The fourth-order valence-corrected chi connectivity index (χ4v) is 0. The van der Waals surface area contributed by atoms with E-state index in [1.807, 2.05) is 0 Å². The van der Waals surface area contributed by atoms with Crippen molar-refractivity contribution in [1.82, 2.24) is 0 Å². The first kappa shape index (κ1) is 65.9. The molecule has 0 fully saturated rings. The second-order valence-corrected chi connectivity index (χ2v) is 0. The Bertz CT molecular complexity index is 6.00. The molecular formula is H7AlO2Ti. The Morgan fingerprint density at radius 1 is 0.750 bits per heavy atom. The second kappa shape index (κ2) is 30.7. The van der Waals surface area contributed by atoms with Crippen molar-refractivity contribution in [1.29, 1.82) is 0 Å². The van der Waals surface area contributed by atoms with Gasteiger partial charge in [0.2, 0.25) is 0 Å². The van der Waals surface area contributed by atoms with Crippen LogP contribution in [0, 0.1) is 0 Å². The zero-order chi connectivity index (χ0) is 0. The Morgan fingerprint density at radius 2 is 0.750 bits per heavy atom. The van der Waals surface area contributed by atoms with Crippen LogP contribution in [0.15, 0.2) is 0 Å². The van der Waals surface area contributed by atoms with Crippen molar-refractivity contribution in [2.45, 2.75) is 0 Å². The van der Waals surface area contributed by atoms with Crippen molar-refractivity contribution < 1.29 is 32.7 Å². The fourth-order valence-electron chi connectivity index (χ4n) is 0. The predicted molar refractivity (Wildman–Crippen MR) is 17.2 cm³/mol. The molecule has 0 saturated heterocycles. The molecule has 0 heterocycles. The molecule has 4 N–H and O–H groups in total. The summed E-state index contributed by atoms with van der Waals surface area (Å²) >= 11 is 0. The molecule has 0 radical (unpaired) electrons. The third-order valence-electron chi connectivity index (χ3n) is 0. The first-order valence-corrected chi connectivity index (χ1v) is 0. The van der Waals surface area contributed by atoms with Crippen molar-refractivity contribution in [2.75, 3.05) is 0 Å². The molecule has 2 nitrogen and oxygen atoms in total. The van der Waals surface area contributed by atoms with Gasteiger partial charge in [0.25, 0.3) is 0 Å². The van der Waals surface area contributed by atoms with Gasteiger partial charge in [-0.3, -0.25) is 0 Å². The minimum Gasteiger partial charge on any atom is -0.412 e. The van der Waals surface area contributed by atoms with E-state index in [0.717, 1.165) is 0 Å². The second-order valence-electron chi connectivity index (χ2n) is 0. The van der Waals surface area contributed by atoms with Gasteiger partial charge in [-0.1, -0.05) is 0 Å². The Balaban J connectivity index is 0. The first-order valence-electron chi connectivity index (χ1n) is 0. The molecule has 0 aromatic rings. The summed E-state index contributed by atoms with van der Waals surface area (Å²) < 4.78 is 0. The van der Waals surface area contributed by atoms with Crippen molar-refractivity contribution >= 4 is 17.4 Å². The van der Waals surface area contributed by atoms with Gasteiger partial charge >= 0.3 is 0 Å². The van der Waals surface area contributed by atoms with Crippen LogP contribution in [0.2, 0.25) is 0 Å². The standard InChI is InChI=1S/Al.2H2O.Ti.3H/h;2*1H2;;;;. The molecule has 0 bridgehead atoms. The summed E-state index contributed by atoms with van der Waals surface area (Å²) in [6.45, 7) is 0. The smallest absolute Gasteiger partial charge is 0.187 e. The number of rotatable bonds is 0. The minimum absolute atomic E-state index is 0. The van der Waals surface area contributed by atoms with Gasteiger partial charge in [0.05, 0.1) is 0 Å². The molecular weight excluding hydrogens is 107 g/mol. The van der Waals surface area contributed by atoms with Gasteiger partial charge in [0, 0.05) is 21.7 Å². The van der Waals surface area contributed by atoms with Crippen LogP contribution in [0.1, 0.15) is 0 Å². The largest absolute Gasteiger partial charge is 0.412 e. The number of hydrogen-bond donors (Lipinski definition) is 0. The van der Waals surface area contributed by atoms with E-state index < -0.39 is 0 Å². The van der Waals surface area contributed by atoms with Crippen LogP contribution in [0.5, 0.6) is 0 Å². The maximum absolute atomic E-state index is 0. The van der Waals surface area contributed by atoms with E-state index in [1.165, 1.54) is 0 Å². The predicted octanol–water partition coefficient (Wildman–Crippen LogP) is -2.84. The Hall–Kier alpha value is 1.17. The monoisotopic (exact) mass is 114 g/mol. The molecule has 0 amide bonds. The fraction of sp³-hybridized carbons (Fsp3) is 0. The van der Waals surface area contributed by atoms with Crippen molar-refractivity contribution in [3.8, 4) is 0 Å². The van der Waals surface area contributed by atoms with Gasteiger partial charge in [-0.2, -0.15) is 0 Å². The van der Waals surface area contributed by atoms with Crippen molar-refractivity contribution in [3.05, 3.63) is 0 Å². The zero-order valence-electron chi connectivity index (χ0n) is 1.50. The molecule has 0 aromatic heterocycles. The summed E-state index contributed by atoms with van der Waals surface area (Å²) in [5.41, 5.74) is 0. The zero-order valence-corrected chi connectivity index (χ0v) is 3.06. The van der Waals surface area contributed by atoms with Crippen LogP contribution in [0.25, 0.3) is 0 Å². The molecule has 0 saturated carbocycles. The summed E-state index contributed by atoms with van der Waals surface area (Å²) in [4.78, 5) is 0. The summed E-state index contributed by atoms with van der Waals surface area (Å²) in [6.07, 6.45) is 0. The topological polar surface area (TPSA) is 63.0 Å². The van der Waals surface area contributed by atoms with E-state index in [9.17, 15) is 0 Å². The van der Waals surface area contributed by atoms with Gasteiger partial charge < -0.3 is 11.0 Å². The molecule has 0 unspecified atom stereocenters. The summed E-state index contributed by atoms with van der Waals surface area (Å²) in [6, 6.07) is 0. The molecule has 26 valence electrons. The van der Waals surface area contributed by atoms with Crippen LogP contribution < -0.4 is 0 Å². The minimum atomic E-state index is 0. The summed E-state index contributed by atoms with van der Waals surface area (Å²) in [5, 5.41) is 0. The molecule has 0 rings (SSSR count). The van der Waals surface area contributed by atoms with Crippen molar-refractivity contribution in [2.24, 2.45) is 0 Å². The molecule has 0 aliphatic carbocycles. The molecule has 4 heteroatoms. The SMILES string of the molecule is O.O.[AlH3].[Ti]. The van der Waals surface area contributed by atoms with Crippen LogP contribution >= 0.6 is 0 Å². The maximum atomic E-state index is 0. The van der Waals surface area contributed by atoms with Crippen LogP contribution in [-0.2, 0) is 21.7 Å². The molecule has 0 aliphatic heterocycles. The molecule has 0 aromatic carbocycles. The Morgan fingerprint density at radius 3 is 0.750 bits per heavy atom. The average molecular weight is 114 g/mol. The average Bonchev–Trinajstić information content (AvgIpc) is 0. The van der Waals surface area contributed by atoms with Crippen LogP contribution in [0.3, 0.4) is 0 Å². The van der Waals surface area contributed by atoms with E-state index in [-0.39, 0.29) is 50.0 Å². The molecule has 0 aliphatic rings. The third kappa shape index (κ3) is 10.9. The van der Waals surface area contributed by atoms with Gasteiger partial charge in [-0.25, -0.2) is 0 Å². The van der Waals surface area contributed by atoms with Crippen LogP contribution in [0.4, 0.5) is 0 Å². The summed E-state index contributed by atoms with van der Waals surface area (Å²) in [7, 11) is 0. The van der Waals surface area contributed by atoms with Gasteiger partial charge in [0.15, 0.2) is 17.4 Å². The summed E-state index contributed by atoms with van der Waals surface area (Å²) in [5.74, 6) is 0. The van der Waals surface area contributed by atoms with Crippen molar-refractivity contribution in [3.63, 3.8) is 0 Å². The number of hydrogen-bond acceptors (Lipinski definition) is 0. The van der Waals surface area contributed by atoms with E-state index >= 15 is 0 Å². The van der Waals surface area contributed by atoms with Crippen LogP contribution in [-0.4, -0.2) is 28.3 Å². The first-order chi connectivity index (χ1) is 0. The molecule has 0 atom stereocenters. The van der Waals surface area contributed by atoms with Gasteiger partial charge in [-0.05, 0) is 0 Å². The van der Waals surface area contributed by atoms with E-state index in [2.05, 4.69) is 0 Å². The normalized spacial score (nSPS) is 0. The van der Waals surface area contributed by atoms with Gasteiger partial charge in [-0.15, -0.1) is 0 Å². The van der Waals surface area contributed by atoms with Gasteiger partial charge in [0.1, 0.15) is 0 Å². The third-order valence-corrected chi connectivity index (χ3v) is 0. The Labute approximate surface area is 50.2 Å². The quantitative estimate of drug-likeness (QED) is 0.304. The molecule has 4 heavy (non-hydrogen) atoms. The van der Waals surface area contributed by atoms with E-state index in [0.29, 0.717) is 0 Å². The van der Waals surface area contributed by atoms with E-state index in [4.69, 9.17) is 0 Å². The molecule has 0 spiro atoms. The van der Waals surface area contributed by atoms with E-state index in [1.54, 1.807) is 0 Å².